The van der Waals surface area contributed by atoms with Crippen molar-refractivity contribution in [2.75, 3.05) is 13.2 Å². The van der Waals surface area contributed by atoms with E-state index in [4.69, 9.17) is 4.74 Å². The monoisotopic (exact) mass is 297 g/mol. The summed E-state index contributed by atoms with van der Waals surface area (Å²) in [4.78, 5) is 16.4. The van der Waals surface area contributed by atoms with Crippen LogP contribution in [0.1, 0.15) is 44.2 Å². The number of nitrogens with zero attached hydrogens (tertiary/aromatic N) is 1. The molecule has 20 heavy (non-hydrogen) atoms. The lowest BCUT2D eigenvalue weighted by Gasteiger charge is -2.25. The van der Waals surface area contributed by atoms with Gasteiger partial charge < -0.3 is 15.4 Å². The third-order valence-electron chi connectivity index (χ3n) is 3.32. The van der Waals surface area contributed by atoms with Crippen molar-refractivity contribution in [3.05, 3.63) is 16.6 Å². The molecule has 2 heterocycles. The van der Waals surface area contributed by atoms with Gasteiger partial charge in [-0.15, -0.1) is 11.3 Å². The van der Waals surface area contributed by atoms with Gasteiger partial charge in [-0.05, 0) is 25.2 Å². The first-order valence-electron chi connectivity index (χ1n) is 7.19. The molecule has 6 heteroatoms. The molecule has 0 spiro atoms. The fourth-order valence-corrected chi connectivity index (χ4v) is 3.03. The van der Waals surface area contributed by atoms with Crippen LogP contribution in [-0.4, -0.2) is 30.3 Å². The maximum absolute atomic E-state index is 12.1. The van der Waals surface area contributed by atoms with Crippen LogP contribution < -0.4 is 10.6 Å². The van der Waals surface area contributed by atoms with Crippen molar-refractivity contribution in [3.8, 4) is 0 Å². The van der Waals surface area contributed by atoms with Crippen molar-refractivity contribution in [1.82, 2.24) is 15.6 Å². The SMILES string of the molecule is CC(C)CC(NC(=O)NC1CCOCC1)c1nccs1. The Morgan fingerprint density at radius 1 is 1.50 bits per heavy atom. The van der Waals surface area contributed by atoms with Crippen molar-refractivity contribution >= 4 is 17.4 Å². The van der Waals surface area contributed by atoms with Crippen LogP contribution >= 0.6 is 11.3 Å². The Kier molecular flexibility index (Phi) is 5.79. The Balaban J connectivity index is 1.88. The Morgan fingerprint density at radius 2 is 2.25 bits per heavy atom. The van der Waals surface area contributed by atoms with Crippen molar-refractivity contribution in [2.45, 2.75) is 45.2 Å². The van der Waals surface area contributed by atoms with Gasteiger partial charge >= 0.3 is 6.03 Å². The molecule has 1 aliphatic heterocycles. The van der Waals surface area contributed by atoms with E-state index in [0.717, 1.165) is 37.5 Å². The Bertz CT molecular complexity index is 403. The highest BCUT2D eigenvalue weighted by molar-refractivity contribution is 7.09. The molecule has 2 rings (SSSR count). The summed E-state index contributed by atoms with van der Waals surface area (Å²) < 4.78 is 5.29. The summed E-state index contributed by atoms with van der Waals surface area (Å²) >= 11 is 1.59. The average molecular weight is 297 g/mol. The van der Waals surface area contributed by atoms with E-state index in [1.807, 2.05) is 5.38 Å². The van der Waals surface area contributed by atoms with Gasteiger partial charge in [-0.2, -0.15) is 0 Å². The molecule has 1 aliphatic rings. The molecule has 0 radical (unpaired) electrons. The quantitative estimate of drug-likeness (QED) is 0.878. The smallest absolute Gasteiger partial charge is 0.315 e. The number of amides is 2. The van der Waals surface area contributed by atoms with Gasteiger partial charge in [0.15, 0.2) is 0 Å². The van der Waals surface area contributed by atoms with E-state index < -0.39 is 0 Å². The number of carbonyl (C=O) groups is 1. The zero-order valence-corrected chi connectivity index (χ0v) is 12.9. The number of nitrogens with one attached hydrogen (secondary N) is 2. The minimum absolute atomic E-state index is 0.00478. The minimum Gasteiger partial charge on any atom is -0.381 e. The number of ether oxygens (including phenoxy) is 1. The summed E-state index contributed by atoms with van der Waals surface area (Å²) in [6.07, 6.45) is 4.46. The number of aromatic nitrogens is 1. The van der Waals surface area contributed by atoms with E-state index in [0.29, 0.717) is 5.92 Å². The highest BCUT2D eigenvalue weighted by atomic mass is 32.1. The van der Waals surface area contributed by atoms with Crippen molar-refractivity contribution in [1.29, 1.82) is 0 Å². The third kappa shape index (κ3) is 4.76. The van der Waals surface area contributed by atoms with Crippen molar-refractivity contribution in [3.63, 3.8) is 0 Å². The molecule has 1 unspecified atom stereocenters. The first-order valence-corrected chi connectivity index (χ1v) is 8.07. The number of hydrogen-bond acceptors (Lipinski definition) is 4. The Hall–Kier alpha value is -1.14. The zero-order chi connectivity index (χ0) is 14.4. The molecular formula is C14H23N3O2S. The Morgan fingerprint density at radius 3 is 2.85 bits per heavy atom. The lowest BCUT2D eigenvalue weighted by atomic mass is 10.0. The van der Waals surface area contributed by atoms with E-state index in [2.05, 4.69) is 29.5 Å². The summed E-state index contributed by atoms with van der Waals surface area (Å²) in [5.41, 5.74) is 0. The number of rotatable bonds is 5. The van der Waals surface area contributed by atoms with Crippen LogP contribution in [-0.2, 0) is 4.74 Å². The molecular weight excluding hydrogens is 274 g/mol. The number of carbonyl (C=O) groups excluding carboxylic acids is 1. The predicted molar refractivity (Wildman–Crippen MR) is 79.8 cm³/mol. The van der Waals surface area contributed by atoms with Crippen molar-refractivity contribution < 1.29 is 9.53 Å². The first-order chi connectivity index (χ1) is 9.65. The van der Waals surface area contributed by atoms with Crippen LogP contribution in [0.25, 0.3) is 0 Å². The van der Waals surface area contributed by atoms with Gasteiger partial charge in [0, 0.05) is 30.8 Å². The topological polar surface area (TPSA) is 63.2 Å². The highest BCUT2D eigenvalue weighted by Gasteiger charge is 2.21. The maximum atomic E-state index is 12.1. The summed E-state index contributed by atoms with van der Waals surface area (Å²) in [6, 6.07) is 0.118. The highest BCUT2D eigenvalue weighted by Crippen LogP contribution is 2.23. The fraction of sp³-hybridized carbons (Fsp3) is 0.714. The van der Waals surface area contributed by atoms with Gasteiger partial charge in [-0.1, -0.05) is 13.8 Å². The normalized spacial score (nSPS) is 17.9. The van der Waals surface area contributed by atoms with E-state index in [9.17, 15) is 4.79 Å². The maximum Gasteiger partial charge on any atom is 0.315 e. The predicted octanol–water partition coefficient (Wildman–Crippen LogP) is 2.71. The average Bonchev–Trinajstić information content (AvgIpc) is 2.92. The van der Waals surface area contributed by atoms with Crippen LogP contribution in [0.15, 0.2) is 11.6 Å². The number of hydrogen-bond donors (Lipinski definition) is 2. The van der Waals surface area contributed by atoms with Crippen LogP contribution in [0.2, 0.25) is 0 Å². The van der Waals surface area contributed by atoms with E-state index in [1.165, 1.54) is 0 Å². The van der Waals surface area contributed by atoms with Gasteiger partial charge in [0.2, 0.25) is 0 Å². The number of thiazole rings is 1. The summed E-state index contributed by atoms with van der Waals surface area (Å²) in [7, 11) is 0. The molecule has 1 atom stereocenters. The van der Waals surface area contributed by atoms with Gasteiger partial charge in [0.05, 0.1) is 6.04 Å². The number of urea groups is 1. The zero-order valence-electron chi connectivity index (χ0n) is 12.1. The molecule has 0 bridgehead atoms. The Labute approximate surface area is 124 Å². The third-order valence-corrected chi connectivity index (χ3v) is 4.21. The molecule has 2 N–H and O–H groups in total. The van der Waals surface area contributed by atoms with Gasteiger partial charge in [0.1, 0.15) is 5.01 Å². The summed E-state index contributed by atoms with van der Waals surface area (Å²) in [5, 5.41) is 9.00. The second-order valence-corrected chi connectivity index (χ2v) is 6.48. The molecule has 112 valence electrons. The van der Waals surface area contributed by atoms with Crippen LogP contribution in [0, 0.1) is 5.92 Å². The standard InChI is InChI=1S/C14H23N3O2S/c1-10(2)9-12(13-15-5-8-20-13)17-14(18)16-11-3-6-19-7-4-11/h5,8,10-12H,3-4,6-7,9H2,1-2H3,(H2,16,17,18). The molecule has 1 aromatic rings. The largest absolute Gasteiger partial charge is 0.381 e. The molecule has 0 aliphatic carbocycles. The van der Waals surface area contributed by atoms with Crippen LogP contribution in [0.3, 0.4) is 0 Å². The van der Waals surface area contributed by atoms with Crippen LogP contribution in [0.4, 0.5) is 4.79 Å². The second kappa shape index (κ2) is 7.59. The van der Waals surface area contributed by atoms with E-state index in [-0.39, 0.29) is 18.1 Å². The lowest BCUT2D eigenvalue weighted by molar-refractivity contribution is 0.0799. The lowest BCUT2D eigenvalue weighted by Crippen LogP contribution is -2.45. The van der Waals surface area contributed by atoms with Crippen LogP contribution in [0.5, 0.6) is 0 Å². The van der Waals surface area contributed by atoms with Gasteiger partial charge in [0.25, 0.3) is 0 Å². The minimum atomic E-state index is -0.0993. The molecule has 2 amide bonds. The fourth-order valence-electron chi connectivity index (χ4n) is 2.33. The van der Waals surface area contributed by atoms with Crippen molar-refractivity contribution in [2.24, 2.45) is 5.92 Å². The van der Waals surface area contributed by atoms with Gasteiger partial charge in [-0.25, -0.2) is 9.78 Å². The molecule has 0 saturated carbocycles. The molecule has 5 nitrogen and oxygen atoms in total. The molecule has 1 aromatic heterocycles. The molecule has 1 fully saturated rings. The molecule has 0 aromatic carbocycles. The van der Waals surface area contributed by atoms with E-state index >= 15 is 0 Å². The molecule has 1 saturated heterocycles. The van der Waals surface area contributed by atoms with Gasteiger partial charge in [-0.3, -0.25) is 0 Å². The summed E-state index contributed by atoms with van der Waals surface area (Å²) in [6.45, 7) is 5.76. The summed E-state index contributed by atoms with van der Waals surface area (Å²) in [5.74, 6) is 0.507. The first kappa shape index (κ1) is 15.3. The van der Waals surface area contributed by atoms with E-state index in [1.54, 1.807) is 17.5 Å². The second-order valence-electron chi connectivity index (χ2n) is 5.56.